The van der Waals surface area contributed by atoms with Gasteiger partial charge in [-0.3, -0.25) is 14.6 Å². The first-order valence-electron chi connectivity index (χ1n) is 9.44. The number of aromatic nitrogens is 1. The van der Waals surface area contributed by atoms with Crippen LogP contribution in [0.1, 0.15) is 23.7 Å². The lowest BCUT2D eigenvalue weighted by molar-refractivity contribution is -0.140. The molecule has 0 radical (unpaired) electrons. The highest BCUT2D eigenvalue weighted by Crippen LogP contribution is 2.41. The molecule has 2 aromatic rings. The number of hydrogen-bond donors (Lipinski definition) is 1. The zero-order chi connectivity index (χ0) is 21.7. The van der Waals surface area contributed by atoms with Crippen molar-refractivity contribution < 1.29 is 28.9 Å². The summed E-state index contributed by atoms with van der Waals surface area (Å²) in [5.41, 5.74) is 0.702. The van der Waals surface area contributed by atoms with Gasteiger partial charge in [0.15, 0.2) is 0 Å². The van der Waals surface area contributed by atoms with Gasteiger partial charge in [-0.05, 0) is 36.8 Å². The Hall–Kier alpha value is -3.39. The van der Waals surface area contributed by atoms with Gasteiger partial charge in [0.1, 0.15) is 23.3 Å². The first kappa shape index (κ1) is 21.3. The largest absolute Gasteiger partial charge is 0.507 e. The molecule has 8 nitrogen and oxygen atoms in total. The SMILES string of the molecule is COCCCN1C(=O)C(=O)/C(=C(/O)c2cc(OC)ccc2OC)C1c1ccccn1. The van der Waals surface area contributed by atoms with Crippen molar-refractivity contribution >= 4 is 17.4 Å². The van der Waals surface area contributed by atoms with Gasteiger partial charge < -0.3 is 24.2 Å². The molecule has 30 heavy (non-hydrogen) atoms. The Labute approximate surface area is 174 Å². The van der Waals surface area contributed by atoms with Crippen LogP contribution in [0.4, 0.5) is 0 Å². The molecular weight excluding hydrogens is 388 g/mol. The summed E-state index contributed by atoms with van der Waals surface area (Å²) in [7, 11) is 4.52. The average molecular weight is 412 g/mol. The van der Waals surface area contributed by atoms with E-state index >= 15 is 0 Å². The van der Waals surface area contributed by atoms with Gasteiger partial charge in [0.2, 0.25) is 0 Å². The van der Waals surface area contributed by atoms with Crippen LogP contribution >= 0.6 is 0 Å². The van der Waals surface area contributed by atoms with Crippen LogP contribution in [0.25, 0.3) is 5.76 Å². The van der Waals surface area contributed by atoms with E-state index in [0.29, 0.717) is 30.2 Å². The van der Waals surface area contributed by atoms with Gasteiger partial charge in [0, 0.05) is 26.5 Å². The molecule has 0 spiro atoms. The molecule has 1 amide bonds. The fourth-order valence-corrected chi connectivity index (χ4v) is 3.48. The van der Waals surface area contributed by atoms with E-state index in [1.54, 1.807) is 49.7 Å². The lowest BCUT2D eigenvalue weighted by Gasteiger charge is -2.24. The summed E-state index contributed by atoms with van der Waals surface area (Å²) in [6.07, 6.45) is 2.12. The molecule has 1 fully saturated rings. The number of carbonyl (C=O) groups excluding carboxylic acids is 2. The second-order valence-electron chi connectivity index (χ2n) is 6.66. The number of amides is 1. The highest BCUT2D eigenvalue weighted by Gasteiger charge is 2.46. The number of aliphatic hydroxyl groups excluding tert-OH is 1. The fraction of sp³-hybridized carbons (Fsp3) is 0.318. The molecule has 0 bridgehead atoms. The van der Waals surface area contributed by atoms with Gasteiger partial charge in [0.05, 0.1) is 31.1 Å². The Kier molecular flexibility index (Phi) is 6.68. The predicted molar refractivity (Wildman–Crippen MR) is 109 cm³/mol. The summed E-state index contributed by atoms with van der Waals surface area (Å²) >= 11 is 0. The minimum absolute atomic E-state index is 0.0392. The van der Waals surface area contributed by atoms with Gasteiger partial charge in [-0.2, -0.15) is 0 Å². The van der Waals surface area contributed by atoms with E-state index in [1.807, 2.05) is 0 Å². The number of hydrogen-bond acceptors (Lipinski definition) is 7. The second kappa shape index (κ2) is 9.41. The van der Waals surface area contributed by atoms with Crippen LogP contribution in [-0.2, 0) is 14.3 Å². The third-order valence-corrected chi connectivity index (χ3v) is 4.92. The van der Waals surface area contributed by atoms with Crippen molar-refractivity contribution in [1.29, 1.82) is 0 Å². The van der Waals surface area contributed by atoms with Gasteiger partial charge in [0.25, 0.3) is 11.7 Å². The summed E-state index contributed by atoms with van der Waals surface area (Å²) in [4.78, 5) is 31.5. The van der Waals surface area contributed by atoms with Crippen LogP contribution < -0.4 is 9.47 Å². The van der Waals surface area contributed by atoms with E-state index in [0.717, 1.165) is 0 Å². The van der Waals surface area contributed by atoms with Crippen LogP contribution in [0.5, 0.6) is 11.5 Å². The van der Waals surface area contributed by atoms with Crippen LogP contribution in [0.3, 0.4) is 0 Å². The summed E-state index contributed by atoms with van der Waals surface area (Å²) in [5, 5.41) is 11.2. The Morgan fingerprint density at radius 3 is 2.57 bits per heavy atom. The normalized spacial score (nSPS) is 18.0. The van der Waals surface area contributed by atoms with Gasteiger partial charge in [-0.15, -0.1) is 0 Å². The number of ether oxygens (including phenoxy) is 3. The van der Waals surface area contributed by atoms with Gasteiger partial charge in [-0.25, -0.2) is 0 Å². The van der Waals surface area contributed by atoms with E-state index in [-0.39, 0.29) is 23.4 Å². The Bertz CT molecular complexity index is 957. The molecule has 0 aliphatic carbocycles. The predicted octanol–water partition coefficient (Wildman–Crippen LogP) is 2.56. The lowest BCUT2D eigenvalue weighted by Crippen LogP contribution is -2.31. The van der Waals surface area contributed by atoms with Crippen LogP contribution in [0.2, 0.25) is 0 Å². The molecule has 1 saturated heterocycles. The molecule has 8 heteroatoms. The lowest BCUT2D eigenvalue weighted by atomic mass is 9.97. The number of likely N-dealkylation sites (tertiary alicyclic amines) is 1. The minimum Gasteiger partial charge on any atom is -0.507 e. The number of Topliss-reactive ketones (excluding diaryl/α,β-unsaturated/α-hetero) is 1. The highest BCUT2D eigenvalue weighted by molar-refractivity contribution is 6.46. The number of carbonyl (C=O) groups is 2. The van der Waals surface area contributed by atoms with Gasteiger partial charge in [-0.1, -0.05) is 6.07 Å². The van der Waals surface area contributed by atoms with E-state index < -0.39 is 17.7 Å². The third-order valence-electron chi connectivity index (χ3n) is 4.92. The average Bonchev–Trinajstić information content (AvgIpc) is 3.04. The maximum atomic E-state index is 13.0. The minimum atomic E-state index is -0.820. The summed E-state index contributed by atoms with van der Waals surface area (Å²) in [5.74, 6) is -0.982. The van der Waals surface area contributed by atoms with Crippen molar-refractivity contribution in [3.8, 4) is 11.5 Å². The third kappa shape index (κ3) is 3.99. The Morgan fingerprint density at radius 2 is 1.93 bits per heavy atom. The summed E-state index contributed by atoms with van der Waals surface area (Å²) in [6, 6.07) is 9.26. The number of benzene rings is 1. The standard InChI is InChI=1S/C22H24N2O6/c1-28-12-6-11-24-19(16-7-4-5-10-23-16)18(21(26)22(24)27)20(25)15-13-14(29-2)8-9-17(15)30-3/h4-5,7-10,13,19,25H,6,11-12H2,1-3H3/b20-18+. The Morgan fingerprint density at radius 1 is 1.13 bits per heavy atom. The van der Waals surface area contributed by atoms with Gasteiger partial charge >= 0.3 is 0 Å². The van der Waals surface area contributed by atoms with E-state index in [9.17, 15) is 14.7 Å². The Balaban J connectivity index is 2.17. The van der Waals surface area contributed by atoms with Crippen molar-refractivity contribution in [2.45, 2.75) is 12.5 Å². The van der Waals surface area contributed by atoms with E-state index in [2.05, 4.69) is 4.98 Å². The molecule has 1 unspecified atom stereocenters. The zero-order valence-electron chi connectivity index (χ0n) is 17.1. The van der Waals surface area contributed by atoms with Crippen molar-refractivity contribution in [3.05, 3.63) is 59.4 Å². The number of aliphatic hydroxyl groups is 1. The van der Waals surface area contributed by atoms with E-state index in [1.165, 1.54) is 19.1 Å². The molecule has 1 aromatic carbocycles. The molecule has 158 valence electrons. The number of nitrogens with zero attached hydrogens (tertiary/aromatic N) is 2. The molecule has 1 N–H and O–H groups in total. The van der Waals surface area contributed by atoms with Crippen LogP contribution in [-0.4, -0.2) is 61.2 Å². The molecule has 1 aliphatic rings. The number of rotatable bonds is 8. The van der Waals surface area contributed by atoms with Crippen molar-refractivity contribution in [2.75, 3.05) is 34.5 Å². The van der Waals surface area contributed by atoms with Crippen LogP contribution in [0, 0.1) is 0 Å². The van der Waals surface area contributed by atoms with Crippen molar-refractivity contribution in [3.63, 3.8) is 0 Å². The van der Waals surface area contributed by atoms with E-state index in [4.69, 9.17) is 14.2 Å². The molecule has 1 aromatic heterocycles. The quantitative estimate of drug-likeness (QED) is 0.308. The van der Waals surface area contributed by atoms with Crippen molar-refractivity contribution in [2.24, 2.45) is 0 Å². The first-order valence-corrected chi connectivity index (χ1v) is 9.44. The molecular formula is C22H24N2O6. The topological polar surface area (TPSA) is 98.2 Å². The fourth-order valence-electron chi connectivity index (χ4n) is 3.48. The summed E-state index contributed by atoms with van der Waals surface area (Å²) in [6.45, 7) is 0.716. The smallest absolute Gasteiger partial charge is 0.295 e. The second-order valence-corrected chi connectivity index (χ2v) is 6.66. The molecule has 2 heterocycles. The number of pyridine rings is 1. The van der Waals surface area contributed by atoms with Crippen molar-refractivity contribution in [1.82, 2.24) is 9.88 Å². The monoisotopic (exact) mass is 412 g/mol. The molecule has 0 saturated carbocycles. The zero-order valence-corrected chi connectivity index (χ0v) is 17.1. The number of ketones is 1. The summed E-state index contributed by atoms with van der Waals surface area (Å²) < 4.78 is 15.7. The molecule has 3 rings (SSSR count). The maximum Gasteiger partial charge on any atom is 0.295 e. The number of methoxy groups -OCH3 is 3. The highest BCUT2D eigenvalue weighted by atomic mass is 16.5. The van der Waals surface area contributed by atoms with Crippen LogP contribution in [0.15, 0.2) is 48.2 Å². The maximum absolute atomic E-state index is 13.0. The molecule has 1 atom stereocenters. The first-order chi connectivity index (χ1) is 14.5. The molecule has 1 aliphatic heterocycles.